The van der Waals surface area contributed by atoms with Gasteiger partial charge in [-0.3, -0.25) is 0 Å². The van der Waals surface area contributed by atoms with Crippen LogP contribution < -0.4 is 0 Å². The van der Waals surface area contributed by atoms with Crippen LogP contribution in [0.3, 0.4) is 0 Å². The van der Waals surface area contributed by atoms with Crippen molar-refractivity contribution in [3.8, 4) is 0 Å². The standard InChI is InChI=1S/C4H3F3O2.Re/c1-2(3(8)9)4(5,6)7;/h1H2,(H,8,9);. The van der Waals surface area contributed by atoms with Crippen molar-refractivity contribution in [2.45, 2.75) is 6.18 Å². The summed E-state index contributed by atoms with van der Waals surface area (Å²) in [6.07, 6.45) is -4.81. The van der Waals surface area contributed by atoms with Crippen molar-refractivity contribution in [3.63, 3.8) is 0 Å². The molecule has 6 heteroatoms. The molecular weight excluding hydrogens is 323 g/mol. The van der Waals surface area contributed by atoms with Crippen molar-refractivity contribution in [2.24, 2.45) is 0 Å². The number of carboxylic acids is 1. The summed E-state index contributed by atoms with van der Waals surface area (Å²) < 4.78 is 33.7. The molecule has 2 nitrogen and oxygen atoms in total. The number of rotatable bonds is 1. The minimum Gasteiger partial charge on any atom is -0.478 e. The zero-order chi connectivity index (χ0) is 7.65. The molecule has 0 saturated heterocycles. The molecule has 0 spiro atoms. The molecule has 0 rings (SSSR count). The van der Waals surface area contributed by atoms with Gasteiger partial charge in [0, 0.05) is 20.4 Å². The van der Waals surface area contributed by atoms with Crippen molar-refractivity contribution >= 4 is 5.97 Å². The van der Waals surface area contributed by atoms with Crippen LogP contribution in [0.25, 0.3) is 0 Å². The van der Waals surface area contributed by atoms with Crippen molar-refractivity contribution in [1.29, 1.82) is 0 Å². The van der Waals surface area contributed by atoms with Gasteiger partial charge in [-0.05, 0) is 0 Å². The maximum Gasteiger partial charge on any atom is 0.422 e. The monoisotopic (exact) mass is 327 g/mol. The Balaban J connectivity index is 0. The topological polar surface area (TPSA) is 37.3 Å². The molecule has 59 valence electrons. The Labute approximate surface area is 68.4 Å². The van der Waals surface area contributed by atoms with Gasteiger partial charge >= 0.3 is 12.1 Å². The molecule has 0 aromatic carbocycles. The van der Waals surface area contributed by atoms with Crippen LogP contribution in [0.4, 0.5) is 13.2 Å². The molecule has 10 heavy (non-hydrogen) atoms. The van der Waals surface area contributed by atoms with Gasteiger partial charge in [-0.1, -0.05) is 6.58 Å². The van der Waals surface area contributed by atoms with Crippen LogP contribution in [0.5, 0.6) is 0 Å². The third-order valence-electron chi connectivity index (χ3n) is 0.600. The summed E-state index contributed by atoms with van der Waals surface area (Å²) in [6.45, 7) is 2.30. The molecule has 0 unspecified atom stereocenters. The number of aliphatic carboxylic acids is 1. The molecule has 0 heterocycles. The van der Waals surface area contributed by atoms with Crippen LogP contribution in [0.2, 0.25) is 0 Å². The zero-order valence-corrected chi connectivity index (χ0v) is 7.29. The summed E-state index contributed by atoms with van der Waals surface area (Å²) >= 11 is 0. The van der Waals surface area contributed by atoms with E-state index in [1.165, 1.54) is 0 Å². The molecule has 0 saturated carbocycles. The van der Waals surface area contributed by atoms with Gasteiger partial charge in [-0.2, -0.15) is 13.2 Å². The molecule has 0 fully saturated rings. The fraction of sp³-hybridized carbons (Fsp3) is 0.250. The van der Waals surface area contributed by atoms with Gasteiger partial charge in [0.25, 0.3) is 0 Å². The number of halogens is 3. The van der Waals surface area contributed by atoms with Crippen LogP contribution in [0.1, 0.15) is 0 Å². The van der Waals surface area contributed by atoms with Crippen molar-refractivity contribution in [1.82, 2.24) is 0 Å². The molecule has 0 aliphatic carbocycles. The Morgan fingerprint density at radius 1 is 1.40 bits per heavy atom. The average molecular weight is 326 g/mol. The molecule has 0 aliphatic heterocycles. The molecule has 0 atom stereocenters. The van der Waals surface area contributed by atoms with Gasteiger partial charge in [0.1, 0.15) is 5.57 Å². The summed E-state index contributed by atoms with van der Waals surface area (Å²) in [7, 11) is 0. The Morgan fingerprint density at radius 2 is 1.70 bits per heavy atom. The van der Waals surface area contributed by atoms with Crippen LogP contribution in [-0.4, -0.2) is 17.3 Å². The normalized spacial score (nSPS) is 9.90. The predicted octanol–water partition coefficient (Wildman–Crippen LogP) is 1.19. The van der Waals surface area contributed by atoms with E-state index in [1.807, 2.05) is 0 Å². The summed E-state index contributed by atoms with van der Waals surface area (Å²) in [4.78, 5) is 9.53. The average Bonchev–Trinajstić information content (AvgIpc) is 1.62. The molecule has 0 aromatic heterocycles. The minimum atomic E-state index is -4.81. The van der Waals surface area contributed by atoms with Crippen molar-refractivity contribution < 1.29 is 43.5 Å². The second-order valence-corrected chi connectivity index (χ2v) is 1.28. The third kappa shape index (κ3) is 3.64. The van der Waals surface area contributed by atoms with E-state index in [2.05, 4.69) is 6.58 Å². The first kappa shape index (κ1) is 12.3. The maximum atomic E-state index is 11.2. The summed E-state index contributed by atoms with van der Waals surface area (Å²) in [5, 5.41) is 7.70. The van der Waals surface area contributed by atoms with Gasteiger partial charge in [0.2, 0.25) is 0 Å². The first-order chi connectivity index (χ1) is 3.85. The number of hydrogen-bond acceptors (Lipinski definition) is 1. The van der Waals surface area contributed by atoms with E-state index in [9.17, 15) is 18.0 Å². The molecule has 0 aliphatic rings. The Kier molecular flexibility index (Phi) is 4.62. The minimum absolute atomic E-state index is 0. The van der Waals surface area contributed by atoms with Crippen molar-refractivity contribution in [2.75, 3.05) is 0 Å². The molecule has 1 radical (unpaired) electrons. The van der Waals surface area contributed by atoms with Gasteiger partial charge in [0.05, 0.1) is 0 Å². The number of carbonyl (C=O) groups is 1. The van der Waals surface area contributed by atoms with E-state index in [1.54, 1.807) is 0 Å². The molecule has 0 bridgehead atoms. The second kappa shape index (κ2) is 3.74. The first-order valence-corrected chi connectivity index (χ1v) is 1.85. The van der Waals surface area contributed by atoms with Crippen LogP contribution >= 0.6 is 0 Å². The number of hydrogen-bond donors (Lipinski definition) is 1. The van der Waals surface area contributed by atoms with Crippen LogP contribution in [-0.2, 0) is 25.2 Å². The molecule has 0 amide bonds. The Hall–Kier alpha value is -0.338. The summed E-state index contributed by atoms with van der Waals surface area (Å²) in [6, 6.07) is 0. The number of carboxylic acid groups (broad SMARTS) is 1. The first-order valence-electron chi connectivity index (χ1n) is 1.85. The van der Waals surface area contributed by atoms with Gasteiger partial charge in [-0.25, -0.2) is 4.79 Å². The second-order valence-electron chi connectivity index (χ2n) is 1.28. The SMILES string of the molecule is C=C(C(=O)O)C(F)(F)F.[Re]. The van der Waals surface area contributed by atoms with Gasteiger partial charge in [0.15, 0.2) is 0 Å². The molecule has 1 N–H and O–H groups in total. The van der Waals surface area contributed by atoms with Crippen LogP contribution in [0, 0.1) is 0 Å². The number of alkyl halides is 3. The van der Waals surface area contributed by atoms with E-state index in [4.69, 9.17) is 5.11 Å². The molecule has 0 aromatic rings. The fourth-order valence-electron chi connectivity index (χ4n) is 0.121. The Bertz CT molecular complexity index is 151. The smallest absolute Gasteiger partial charge is 0.422 e. The van der Waals surface area contributed by atoms with E-state index in [-0.39, 0.29) is 20.4 Å². The largest absolute Gasteiger partial charge is 0.478 e. The molecular formula is C4H3F3O2Re. The summed E-state index contributed by atoms with van der Waals surface area (Å²) in [5.41, 5.74) is -1.75. The summed E-state index contributed by atoms with van der Waals surface area (Å²) in [5.74, 6) is -2.04. The fourth-order valence-corrected chi connectivity index (χ4v) is 0.121. The van der Waals surface area contributed by atoms with Gasteiger partial charge in [-0.15, -0.1) is 0 Å². The zero-order valence-electron chi connectivity index (χ0n) is 4.57. The van der Waals surface area contributed by atoms with E-state index >= 15 is 0 Å². The predicted molar refractivity (Wildman–Crippen MR) is 22.8 cm³/mol. The van der Waals surface area contributed by atoms with Gasteiger partial charge < -0.3 is 5.11 Å². The maximum absolute atomic E-state index is 11.2. The third-order valence-corrected chi connectivity index (χ3v) is 0.600. The quantitative estimate of drug-likeness (QED) is 0.735. The van der Waals surface area contributed by atoms with E-state index in [0.29, 0.717) is 0 Å². The van der Waals surface area contributed by atoms with E-state index < -0.39 is 17.7 Å². The Morgan fingerprint density at radius 3 is 1.70 bits per heavy atom. The van der Waals surface area contributed by atoms with E-state index in [0.717, 1.165) is 0 Å². The van der Waals surface area contributed by atoms with Crippen molar-refractivity contribution in [3.05, 3.63) is 12.2 Å². The van der Waals surface area contributed by atoms with Crippen LogP contribution in [0.15, 0.2) is 12.2 Å².